The van der Waals surface area contributed by atoms with Crippen LogP contribution in [-0.4, -0.2) is 19.9 Å². The molecule has 2 rings (SSSR count). The molecule has 13 heavy (non-hydrogen) atoms. The van der Waals surface area contributed by atoms with Gasteiger partial charge in [0.15, 0.2) is 0 Å². The Labute approximate surface area is 75.5 Å². The second-order valence-corrected chi connectivity index (χ2v) is 2.54. The van der Waals surface area contributed by atoms with E-state index < -0.39 is 0 Å². The van der Waals surface area contributed by atoms with Crippen molar-refractivity contribution in [1.29, 1.82) is 0 Å². The van der Waals surface area contributed by atoms with Crippen LogP contribution in [0.4, 0.5) is 0 Å². The van der Waals surface area contributed by atoms with Crippen molar-refractivity contribution in [2.75, 3.05) is 0 Å². The molecule has 0 aliphatic rings. The zero-order valence-corrected chi connectivity index (χ0v) is 6.88. The van der Waals surface area contributed by atoms with Crippen LogP contribution in [0.25, 0.3) is 11.3 Å². The Morgan fingerprint density at radius 3 is 3.00 bits per heavy atom. The van der Waals surface area contributed by atoms with Crippen LogP contribution in [0.3, 0.4) is 0 Å². The molecule has 65 valence electrons. The van der Waals surface area contributed by atoms with Gasteiger partial charge in [-0.3, -0.25) is 4.98 Å². The fraction of sp³-hybridized carbons (Fsp3) is 0.111. The molecule has 0 aromatic carbocycles. The summed E-state index contributed by atoms with van der Waals surface area (Å²) in [5.41, 5.74) is 1.59. The van der Waals surface area contributed by atoms with Crippen LogP contribution >= 0.6 is 0 Å². The first-order valence-electron chi connectivity index (χ1n) is 3.87. The number of nitrogens with zero attached hydrogens (tertiary/aromatic N) is 3. The van der Waals surface area contributed by atoms with Crippen molar-refractivity contribution in [3.05, 3.63) is 36.8 Å². The molecule has 0 aliphatic carbocycles. The molecule has 0 atom stereocenters. The summed E-state index contributed by atoms with van der Waals surface area (Å²) in [5, 5.41) is 12.9. The van der Waals surface area contributed by atoms with Gasteiger partial charge in [0.1, 0.15) is 6.73 Å². The van der Waals surface area contributed by atoms with E-state index in [1.807, 2.05) is 18.2 Å². The minimum Gasteiger partial charge on any atom is -0.374 e. The molecular weight excluding hydrogens is 166 g/mol. The van der Waals surface area contributed by atoms with Crippen molar-refractivity contribution in [3.8, 4) is 11.3 Å². The predicted octanol–water partition coefficient (Wildman–Crippen LogP) is 0.695. The van der Waals surface area contributed by atoms with Crippen LogP contribution in [0.1, 0.15) is 0 Å². The highest BCUT2D eigenvalue weighted by Crippen LogP contribution is 2.13. The first kappa shape index (κ1) is 7.94. The number of aliphatic hydroxyl groups is 1. The van der Waals surface area contributed by atoms with Gasteiger partial charge in [-0.05, 0) is 18.2 Å². The van der Waals surface area contributed by atoms with Gasteiger partial charge in [0.2, 0.25) is 0 Å². The number of pyridine rings is 1. The second kappa shape index (κ2) is 3.37. The maximum absolute atomic E-state index is 8.77. The third-order valence-electron chi connectivity index (χ3n) is 1.67. The van der Waals surface area contributed by atoms with Crippen molar-refractivity contribution in [3.63, 3.8) is 0 Å². The Balaban J connectivity index is 2.36. The molecule has 4 nitrogen and oxygen atoms in total. The summed E-state index contributed by atoms with van der Waals surface area (Å²) >= 11 is 0. The molecule has 0 unspecified atom stereocenters. The summed E-state index contributed by atoms with van der Waals surface area (Å²) in [5.74, 6) is 0. The SMILES string of the molecule is OCn1ccc(-c2[c]nccc2)n1. The van der Waals surface area contributed by atoms with E-state index in [1.165, 1.54) is 4.68 Å². The van der Waals surface area contributed by atoms with E-state index in [-0.39, 0.29) is 6.73 Å². The van der Waals surface area contributed by atoms with Gasteiger partial charge in [0, 0.05) is 18.0 Å². The van der Waals surface area contributed by atoms with Gasteiger partial charge in [0.25, 0.3) is 0 Å². The number of aliphatic hydroxyl groups excluding tert-OH is 1. The predicted molar refractivity (Wildman–Crippen MR) is 46.5 cm³/mol. The van der Waals surface area contributed by atoms with Crippen LogP contribution < -0.4 is 0 Å². The lowest BCUT2D eigenvalue weighted by molar-refractivity contribution is 0.195. The minimum absolute atomic E-state index is 0.111. The van der Waals surface area contributed by atoms with Crippen molar-refractivity contribution in [2.45, 2.75) is 6.73 Å². The first-order valence-corrected chi connectivity index (χ1v) is 3.87. The summed E-state index contributed by atoms with van der Waals surface area (Å²) in [7, 11) is 0. The highest BCUT2D eigenvalue weighted by molar-refractivity contribution is 5.55. The zero-order valence-electron chi connectivity index (χ0n) is 6.88. The number of aromatic nitrogens is 3. The van der Waals surface area contributed by atoms with E-state index in [2.05, 4.69) is 16.3 Å². The molecule has 2 aromatic heterocycles. The van der Waals surface area contributed by atoms with Gasteiger partial charge >= 0.3 is 0 Å². The van der Waals surface area contributed by atoms with Gasteiger partial charge in [-0.25, -0.2) is 4.68 Å². The number of rotatable bonds is 2. The van der Waals surface area contributed by atoms with Crippen molar-refractivity contribution >= 4 is 0 Å². The maximum Gasteiger partial charge on any atom is 0.136 e. The monoisotopic (exact) mass is 174 g/mol. The summed E-state index contributed by atoms with van der Waals surface area (Å²) in [6.45, 7) is -0.111. The first-order chi connectivity index (χ1) is 6.40. The summed E-state index contributed by atoms with van der Waals surface area (Å²) in [6, 6.07) is 5.50. The highest BCUT2D eigenvalue weighted by Gasteiger charge is 2.00. The Morgan fingerprint density at radius 2 is 2.38 bits per heavy atom. The van der Waals surface area contributed by atoms with Gasteiger partial charge in [-0.15, -0.1) is 0 Å². The Bertz CT molecular complexity index is 383. The van der Waals surface area contributed by atoms with Gasteiger partial charge in [0.05, 0.1) is 11.9 Å². The average Bonchev–Trinajstić information content (AvgIpc) is 2.67. The van der Waals surface area contributed by atoms with Crippen molar-refractivity contribution < 1.29 is 5.11 Å². The molecule has 0 bridgehead atoms. The number of hydrogen-bond donors (Lipinski definition) is 1. The Kier molecular flexibility index (Phi) is 2.06. The van der Waals surface area contributed by atoms with Gasteiger partial charge in [-0.2, -0.15) is 5.10 Å². The minimum atomic E-state index is -0.111. The van der Waals surface area contributed by atoms with E-state index in [0.717, 1.165) is 11.3 Å². The van der Waals surface area contributed by atoms with Crippen LogP contribution in [0, 0.1) is 6.20 Å². The van der Waals surface area contributed by atoms with Crippen molar-refractivity contribution in [2.24, 2.45) is 0 Å². The third-order valence-corrected chi connectivity index (χ3v) is 1.67. The molecule has 2 aromatic rings. The Hall–Kier alpha value is -1.68. The molecule has 2 heterocycles. The van der Waals surface area contributed by atoms with Crippen molar-refractivity contribution in [1.82, 2.24) is 14.8 Å². The lowest BCUT2D eigenvalue weighted by Gasteiger charge is -1.93. The molecule has 0 aliphatic heterocycles. The molecule has 1 N–H and O–H groups in total. The van der Waals surface area contributed by atoms with E-state index in [1.54, 1.807) is 12.4 Å². The van der Waals surface area contributed by atoms with Crippen LogP contribution in [-0.2, 0) is 6.73 Å². The maximum atomic E-state index is 8.77. The molecule has 0 amide bonds. The van der Waals surface area contributed by atoms with Crippen LogP contribution in [0.2, 0.25) is 0 Å². The fourth-order valence-electron chi connectivity index (χ4n) is 1.05. The van der Waals surface area contributed by atoms with E-state index in [4.69, 9.17) is 5.11 Å². The molecule has 4 heteroatoms. The zero-order chi connectivity index (χ0) is 9.10. The topological polar surface area (TPSA) is 50.9 Å². The quantitative estimate of drug-likeness (QED) is 0.728. The van der Waals surface area contributed by atoms with Gasteiger partial charge < -0.3 is 5.11 Å². The molecule has 0 spiro atoms. The van der Waals surface area contributed by atoms with Gasteiger partial charge in [-0.1, -0.05) is 0 Å². The normalized spacial score (nSPS) is 10.2. The molecule has 1 radical (unpaired) electrons. The van der Waals surface area contributed by atoms with E-state index >= 15 is 0 Å². The lowest BCUT2D eigenvalue weighted by Crippen LogP contribution is -1.96. The largest absolute Gasteiger partial charge is 0.374 e. The number of hydrogen-bond acceptors (Lipinski definition) is 3. The second-order valence-electron chi connectivity index (χ2n) is 2.54. The van der Waals surface area contributed by atoms with E-state index in [9.17, 15) is 0 Å². The van der Waals surface area contributed by atoms with E-state index in [0.29, 0.717) is 0 Å². The summed E-state index contributed by atoms with van der Waals surface area (Å²) < 4.78 is 1.44. The average molecular weight is 174 g/mol. The third kappa shape index (κ3) is 1.57. The molecular formula is C9H8N3O. The summed E-state index contributed by atoms with van der Waals surface area (Å²) in [6.07, 6.45) is 6.18. The van der Waals surface area contributed by atoms with Crippen LogP contribution in [0.15, 0.2) is 30.6 Å². The fourth-order valence-corrected chi connectivity index (χ4v) is 1.05. The summed E-state index contributed by atoms with van der Waals surface area (Å²) in [4.78, 5) is 3.86. The highest BCUT2D eigenvalue weighted by atomic mass is 16.3. The molecule has 0 saturated carbocycles. The molecule has 0 fully saturated rings. The smallest absolute Gasteiger partial charge is 0.136 e. The Morgan fingerprint density at radius 1 is 1.46 bits per heavy atom. The lowest BCUT2D eigenvalue weighted by atomic mass is 10.2. The standard InChI is InChI=1S/C9H8N3O/c13-7-12-5-3-9(11-12)8-2-1-4-10-6-8/h1-5,13H,7H2. The van der Waals surface area contributed by atoms with Crippen LogP contribution in [0.5, 0.6) is 0 Å². The molecule has 0 saturated heterocycles.